The molecule has 4 aromatic rings. The summed E-state index contributed by atoms with van der Waals surface area (Å²) in [5.74, 6) is 1.69. The van der Waals surface area contributed by atoms with Crippen LogP contribution in [0.1, 0.15) is 30.0 Å². The molecule has 0 aliphatic carbocycles. The molecule has 1 spiro atoms. The predicted octanol–water partition coefficient (Wildman–Crippen LogP) is 4.05. The molecule has 0 N–H and O–H groups in total. The van der Waals surface area contributed by atoms with Gasteiger partial charge in [-0.3, -0.25) is 19.4 Å². The predicted molar refractivity (Wildman–Crippen MR) is 130 cm³/mol. The number of hydrogen-bond donors (Lipinski definition) is 0. The molecule has 1 amide bonds. The smallest absolute Gasteiger partial charge is 0.242 e. The zero-order chi connectivity index (χ0) is 23.4. The number of para-hydroxylation sites is 1. The van der Waals surface area contributed by atoms with Gasteiger partial charge in [-0.25, -0.2) is 4.98 Å². The molecular weight excluding hydrogens is 428 g/mol. The number of aryl methyl sites for hydroxylation is 2. The summed E-state index contributed by atoms with van der Waals surface area (Å²) in [4.78, 5) is 35.3. The SMILES string of the molecule is Cc1cc(=O)c2cc(N3C(=O)C4(CCN(Cc5nccn5C)CC4)c4ccccc43)ccc2o1. The molecule has 172 valence electrons. The Morgan fingerprint density at radius 1 is 1.06 bits per heavy atom. The third-order valence-electron chi connectivity index (χ3n) is 7.36. The van der Waals surface area contributed by atoms with Gasteiger partial charge >= 0.3 is 0 Å². The van der Waals surface area contributed by atoms with Crippen molar-refractivity contribution in [3.63, 3.8) is 0 Å². The van der Waals surface area contributed by atoms with Crippen LogP contribution in [0.15, 0.2) is 70.1 Å². The second kappa shape index (κ2) is 7.67. The van der Waals surface area contributed by atoms with Crippen molar-refractivity contribution in [3.05, 3.63) is 88.3 Å². The largest absolute Gasteiger partial charge is 0.461 e. The van der Waals surface area contributed by atoms with Gasteiger partial charge in [-0.15, -0.1) is 0 Å². The number of carbonyl (C=O) groups is 1. The summed E-state index contributed by atoms with van der Waals surface area (Å²) in [7, 11) is 2.01. The Kier molecular flexibility index (Phi) is 4.71. The van der Waals surface area contributed by atoms with Crippen molar-refractivity contribution in [1.82, 2.24) is 14.5 Å². The number of hydrogen-bond acceptors (Lipinski definition) is 5. The molecule has 0 radical (unpaired) electrons. The number of piperidine rings is 1. The first kappa shape index (κ1) is 20.9. The van der Waals surface area contributed by atoms with E-state index >= 15 is 0 Å². The van der Waals surface area contributed by atoms with Crippen molar-refractivity contribution in [1.29, 1.82) is 0 Å². The highest BCUT2D eigenvalue weighted by molar-refractivity contribution is 6.13. The lowest BCUT2D eigenvalue weighted by atomic mass is 9.73. The van der Waals surface area contributed by atoms with Crippen molar-refractivity contribution in [2.75, 3.05) is 18.0 Å². The van der Waals surface area contributed by atoms with Gasteiger partial charge in [0.25, 0.3) is 0 Å². The van der Waals surface area contributed by atoms with Gasteiger partial charge in [-0.2, -0.15) is 0 Å². The van der Waals surface area contributed by atoms with E-state index in [0.717, 1.165) is 49.6 Å². The van der Waals surface area contributed by atoms with Crippen LogP contribution in [-0.2, 0) is 23.8 Å². The van der Waals surface area contributed by atoms with Gasteiger partial charge in [0, 0.05) is 31.2 Å². The van der Waals surface area contributed by atoms with E-state index in [1.165, 1.54) is 6.07 Å². The van der Waals surface area contributed by atoms with E-state index in [2.05, 4.69) is 16.0 Å². The van der Waals surface area contributed by atoms with Gasteiger partial charge in [0.05, 0.1) is 23.0 Å². The van der Waals surface area contributed by atoms with Gasteiger partial charge in [0.15, 0.2) is 5.43 Å². The Labute approximate surface area is 197 Å². The molecule has 0 saturated carbocycles. The molecular formula is C27H26N4O3. The first-order valence-corrected chi connectivity index (χ1v) is 11.6. The molecule has 2 aliphatic heterocycles. The standard InChI is InChI=1S/C27H26N4O3/c1-18-15-23(32)20-16-19(7-8-24(20)34-18)31-22-6-4-3-5-21(22)27(26(31)33)9-12-30(13-10-27)17-25-28-11-14-29(25)2/h3-8,11,14-16H,9-10,12-13,17H2,1-2H3. The fraction of sp³-hybridized carbons (Fsp3) is 0.296. The monoisotopic (exact) mass is 454 g/mol. The number of likely N-dealkylation sites (tertiary alicyclic amines) is 1. The van der Waals surface area contributed by atoms with E-state index < -0.39 is 5.41 Å². The summed E-state index contributed by atoms with van der Waals surface area (Å²) < 4.78 is 7.76. The van der Waals surface area contributed by atoms with E-state index in [4.69, 9.17) is 4.42 Å². The highest BCUT2D eigenvalue weighted by Crippen LogP contribution is 2.50. The van der Waals surface area contributed by atoms with Crippen molar-refractivity contribution in [2.45, 2.75) is 31.7 Å². The Balaban J connectivity index is 1.35. The van der Waals surface area contributed by atoms with Crippen molar-refractivity contribution in [3.8, 4) is 0 Å². The fourth-order valence-electron chi connectivity index (χ4n) is 5.50. The van der Waals surface area contributed by atoms with Crippen LogP contribution in [0, 0.1) is 6.92 Å². The molecule has 0 unspecified atom stereocenters. The summed E-state index contributed by atoms with van der Waals surface area (Å²) in [6, 6.07) is 15.0. The average Bonchev–Trinajstić information content (AvgIpc) is 3.34. The van der Waals surface area contributed by atoms with Crippen LogP contribution in [0.2, 0.25) is 0 Å². The maximum absolute atomic E-state index is 14.1. The Hall–Kier alpha value is -3.71. The average molecular weight is 455 g/mol. The van der Waals surface area contributed by atoms with Gasteiger partial charge in [0.1, 0.15) is 17.2 Å². The molecule has 1 fully saturated rings. The number of carbonyl (C=O) groups excluding carboxylic acids is 1. The van der Waals surface area contributed by atoms with E-state index in [-0.39, 0.29) is 11.3 Å². The first-order chi connectivity index (χ1) is 16.5. The van der Waals surface area contributed by atoms with E-state index in [1.54, 1.807) is 24.0 Å². The second-order valence-electron chi connectivity index (χ2n) is 9.37. The topological polar surface area (TPSA) is 71.6 Å². The summed E-state index contributed by atoms with van der Waals surface area (Å²) in [5.41, 5.74) is 2.56. The Morgan fingerprint density at radius 2 is 1.85 bits per heavy atom. The van der Waals surface area contributed by atoms with Crippen LogP contribution in [-0.4, -0.2) is 33.4 Å². The van der Waals surface area contributed by atoms with Gasteiger partial charge in [0.2, 0.25) is 5.91 Å². The number of benzene rings is 2. The Morgan fingerprint density at radius 3 is 2.62 bits per heavy atom. The van der Waals surface area contributed by atoms with E-state index in [1.807, 2.05) is 48.3 Å². The van der Waals surface area contributed by atoms with E-state index in [9.17, 15) is 9.59 Å². The number of anilines is 2. The maximum atomic E-state index is 14.1. The molecule has 34 heavy (non-hydrogen) atoms. The first-order valence-electron chi connectivity index (χ1n) is 11.6. The van der Waals surface area contributed by atoms with Crippen LogP contribution < -0.4 is 10.3 Å². The van der Waals surface area contributed by atoms with E-state index in [0.29, 0.717) is 22.4 Å². The van der Waals surface area contributed by atoms with Crippen LogP contribution in [0.3, 0.4) is 0 Å². The minimum atomic E-state index is -0.554. The number of amides is 1. The molecule has 7 heteroatoms. The summed E-state index contributed by atoms with van der Waals surface area (Å²) in [6.07, 6.45) is 5.28. The van der Waals surface area contributed by atoms with Gasteiger partial charge in [-0.1, -0.05) is 18.2 Å². The zero-order valence-corrected chi connectivity index (χ0v) is 19.3. The lowest BCUT2D eigenvalue weighted by Gasteiger charge is -2.38. The summed E-state index contributed by atoms with van der Waals surface area (Å²) in [6.45, 7) is 4.18. The zero-order valence-electron chi connectivity index (χ0n) is 19.3. The molecule has 2 aromatic heterocycles. The van der Waals surface area contributed by atoms with Crippen LogP contribution in [0.4, 0.5) is 11.4 Å². The fourth-order valence-corrected chi connectivity index (χ4v) is 5.50. The third-order valence-corrected chi connectivity index (χ3v) is 7.36. The highest BCUT2D eigenvalue weighted by atomic mass is 16.3. The Bertz CT molecular complexity index is 1480. The van der Waals surface area contributed by atoms with Crippen molar-refractivity contribution < 1.29 is 9.21 Å². The quantitative estimate of drug-likeness (QED) is 0.467. The minimum absolute atomic E-state index is 0.0844. The molecule has 1 saturated heterocycles. The van der Waals surface area contributed by atoms with Crippen LogP contribution in [0.5, 0.6) is 0 Å². The molecule has 7 nitrogen and oxygen atoms in total. The van der Waals surface area contributed by atoms with Gasteiger partial charge < -0.3 is 8.98 Å². The van der Waals surface area contributed by atoms with Crippen molar-refractivity contribution in [2.24, 2.45) is 7.05 Å². The van der Waals surface area contributed by atoms with Crippen LogP contribution in [0.25, 0.3) is 11.0 Å². The number of fused-ring (bicyclic) bond motifs is 3. The maximum Gasteiger partial charge on any atom is 0.242 e. The molecule has 4 heterocycles. The van der Waals surface area contributed by atoms with Crippen LogP contribution >= 0.6 is 0 Å². The van der Waals surface area contributed by atoms with Crippen molar-refractivity contribution >= 4 is 28.3 Å². The minimum Gasteiger partial charge on any atom is -0.461 e. The van der Waals surface area contributed by atoms with Gasteiger partial charge in [-0.05, 0) is 62.7 Å². The third kappa shape index (κ3) is 3.11. The molecule has 2 aliphatic rings. The molecule has 0 atom stereocenters. The second-order valence-corrected chi connectivity index (χ2v) is 9.37. The summed E-state index contributed by atoms with van der Waals surface area (Å²) >= 11 is 0. The number of aromatic nitrogens is 2. The highest BCUT2D eigenvalue weighted by Gasteiger charge is 2.52. The lowest BCUT2D eigenvalue weighted by molar-refractivity contribution is -0.124. The molecule has 0 bridgehead atoms. The normalized spacial score (nSPS) is 17.6. The number of rotatable bonds is 3. The number of nitrogens with zero attached hydrogens (tertiary/aromatic N) is 4. The molecule has 2 aromatic carbocycles. The lowest BCUT2D eigenvalue weighted by Crippen LogP contribution is -2.47. The number of imidazole rings is 1. The summed E-state index contributed by atoms with van der Waals surface area (Å²) in [5, 5.41) is 0.485. The molecule has 6 rings (SSSR count).